The van der Waals surface area contributed by atoms with E-state index < -0.39 is 22.4 Å². The highest BCUT2D eigenvalue weighted by molar-refractivity contribution is 7.92. The number of anilines is 1. The van der Waals surface area contributed by atoms with E-state index in [2.05, 4.69) is 0 Å². The predicted octanol–water partition coefficient (Wildman–Crippen LogP) is 3.70. The second kappa shape index (κ2) is 9.74. The summed E-state index contributed by atoms with van der Waals surface area (Å²) in [6, 6.07) is 7.69. The molecule has 3 rings (SSSR count). The lowest BCUT2D eigenvalue weighted by Gasteiger charge is -2.30. The van der Waals surface area contributed by atoms with Crippen LogP contribution >= 0.6 is 11.6 Å². The zero-order valence-electron chi connectivity index (χ0n) is 17.3. The Morgan fingerprint density at radius 3 is 2.35 bits per heavy atom. The minimum Gasteiger partial charge on any atom is -0.493 e. The lowest BCUT2D eigenvalue weighted by atomic mass is 10.1. The fraction of sp³-hybridized carbons (Fsp3) is 0.381. The molecule has 0 aromatic heterocycles. The molecule has 0 atom stereocenters. The van der Waals surface area contributed by atoms with Crippen molar-refractivity contribution in [3.8, 4) is 11.5 Å². The van der Waals surface area contributed by atoms with Crippen LogP contribution in [0.15, 0.2) is 41.3 Å². The minimum atomic E-state index is -4.21. The smallest absolute Gasteiger partial charge is 0.264 e. The van der Waals surface area contributed by atoms with Gasteiger partial charge in [0.1, 0.15) is 12.4 Å². The van der Waals surface area contributed by atoms with Crippen LogP contribution in [0.2, 0.25) is 5.02 Å². The van der Waals surface area contributed by atoms with E-state index in [1.54, 1.807) is 4.90 Å². The van der Waals surface area contributed by atoms with Gasteiger partial charge in [-0.1, -0.05) is 11.6 Å². The van der Waals surface area contributed by atoms with Gasteiger partial charge in [0, 0.05) is 19.2 Å². The average molecular weight is 471 g/mol. The molecule has 31 heavy (non-hydrogen) atoms. The normalized spacial score (nSPS) is 14.3. The molecule has 2 aromatic rings. The van der Waals surface area contributed by atoms with Crippen LogP contribution in [0, 0.1) is 5.82 Å². The Morgan fingerprint density at radius 2 is 1.74 bits per heavy atom. The largest absolute Gasteiger partial charge is 0.493 e. The molecule has 0 aliphatic carbocycles. The molecule has 0 N–H and O–H groups in total. The number of carbonyl (C=O) groups is 1. The summed E-state index contributed by atoms with van der Waals surface area (Å²) in [7, 11) is -1.37. The van der Waals surface area contributed by atoms with Crippen LogP contribution in [-0.2, 0) is 14.8 Å². The zero-order valence-corrected chi connectivity index (χ0v) is 18.9. The van der Waals surface area contributed by atoms with E-state index in [0.717, 1.165) is 29.6 Å². The molecule has 0 saturated carbocycles. The van der Waals surface area contributed by atoms with Crippen LogP contribution in [0.1, 0.15) is 19.3 Å². The monoisotopic (exact) mass is 470 g/mol. The number of methoxy groups -OCH3 is 2. The third-order valence-corrected chi connectivity index (χ3v) is 7.18. The molecule has 0 unspecified atom stereocenters. The second-order valence-electron chi connectivity index (χ2n) is 7.07. The number of amides is 1. The van der Waals surface area contributed by atoms with Gasteiger partial charge in [0.15, 0.2) is 11.5 Å². The number of hydrogen-bond donors (Lipinski definition) is 0. The maximum Gasteiger partial charge on any atom is 0.264 e. The Hall–Kier alpha value is -2.52. The predicted molar refractivity (Wildman–Crippen MR) is 116 cm³/mol. The van der Waals surface area contributed by atoms with Gasteiger partial charge in [-0.3, -0.25) is 9.10 Å². The van der Waals surface area contributed by atoms with Gasteiger partial charge in [0.25, 0.3) is 10.0 Å². The van der Waals surface area contributed by atoms with Crippen molar-refractivity contribution in [3.05, 3.63) is 47.2 Å². The first-order valence-electron chi connectivity index (χ1n) is 9.75. The van der Waals surface area contributed by atoms with Crippen LogP contribution in [0.3, 0.4) is 0 Å². The Morgan fingerprint density at radius 1 is 1.06 bits per heavy atom. The standard InChI is InChI=1S/C21H24ClFN2O5S/c1-29-19-9-7-16(13-20(19)30-2)31(27,28)25(15-6-8-18(23)17(22)12-15)14-21(26)24-10-4-3-5-11-24/h6-9,12-13H,3-5,10-11,14H2,1-2H3. The van der Waals surface area contributed by atoms with Gasteiger partial charge in [-0.15, -0.1) is 0 Å². The Balaban J connectivity index is 2.03. The van der Waals surface area contributed by atoms with E-state index in [0.29, 0.717) is 18.8 Å². The molecule has 1 aliphatic rings. The van der Waals surface area contributed by atoms with Crippen molar-refractivity contribution in [2.24, 2.45) is 0 Å². The number of rotatable bonds is 7. The highest BCUT2D eigenvalue weighted by Gasteiger charge is 2.30. The summed E-state index contributed by atoms with van der Waals surface area (Å²) < 4.78 is 52.1. The molecule has 2 aromatic carbocycles. The second-order valence-corrected chi connectivity index (χ2v) is 9.34. The summed E-state index contributed by atoms with van der Waals surface area (Å²) >= 11 is 5.90. The quantitative estimate of drug-likeness (QED) is 0.616. The number of carbonyl (C=O) groups excluding carboxylic acids is 1. The molecule has 1 aliphatic heterocycles. The van der Waals surface area contributed by atoms with E-state index in [1.165, 1.54) is 44.6 Å². The van der Waals surface area contributed by atoms with Gasteiger partial charge in [-0.25, -0.2) is 12.8 Å². The van der Waals surface area contributed by atoms with Crippen molar-refractivity contribution in [2.45, 2.75) is 24.2 Å². The molecule has 1 heterocycles. The first-order chi connectivity index (χ1) is 14.8. The van der Waals surface area contributed by atoms with Gasteiger partial charge in [-0.05, 0) is 49.6 Å². The summed E-state index contributed by atoms with van der Waals surface area (Å²) in [5.74, 6) is -0.425. The van der Waals surface area contributed by atoms with E-state index in [1.807, 2.05) is 0 Å². The summed E-state index contributed by atoms with van der Waals surface area (Å²) in [6.45, 7) is 0.721. The molecule has 1 fully saturated rings. The van der Waals surface area contributed by atoms with Gasteiger partial charge < -0.3 is 14.4 Å². The van der Waals surface area contributed by atoms with Crippen molar-refractivity contribution < 1.29 is 27.1 Å². The highest BCUT2D eigenvalue weighted by atomic mass is 35.5. The van der Waals surface area contributed by atoms with E-state index in [9.17, 15) is 17.6 Å². The molecule has 168 valence electrons. The lowest BCUT2D eigenvalue weighted by Crippen LogP contribution is -2.44. The number of halogens is 2. The molecular weight excluding hydrogens is 447 g/mol. The third-order valence-electron chi connectivity index (χ3n) is 5.12. The van der Waals surface area contributed by atoms with Gasteiger partial charge >= 0.3 is 0 Å². The molecule has 1 amide bonds. The fourth-order valence-corrected chi connectivity index (χ4v) is 5.02. The van der Waals surface area contributed by atoms with Gasteiger partial charge in [-0.2, -0.15) is 0 Å². The summed E-state index contributed by atoms with van der Waals surface area (Å²) in [4.78, 5) is 14.4. The molecule has 0 spiro atoms. The van der Waals surface area contributed by atoms with E-state index in [4.69, 9.17) is 21.1 Å². The number of sulfonamides is 1. The lowest BCUT2D eigenvalue weighted by molar-refractivity contribution is -0.130. The van der Waals surface area contributed by atoms with Crippen LogP contribution in [0.4, 0.5) is 10.1 Å². The molecule has 7 nitrogen and oxygen atoms in total. The van der Waals surface area contributed by atoms with E-state index >= 15 is 0 Å². The number of hydrogen-bond acceptors (Lipinski definition) is 5. The van der Waals surface area contributed by atoms with Crippen LogP contribution in [0.25, 0.3) is 0 Å². The van der Waals surface area contributed by atoms with Crippen molar-refractivity contribution in [2.75, 3.05) is 38.2 Å². The Kier molecular flexibility index (Phi) is 7.27. The maximum absolute atomic E-state index is 13.7. The van der Waals surface area contributed by atoms with Crippen LogP contribution in [0.5, 0.6) is 11.5 Å². The number of nitrogens with zero attached hydrogens (tertiary/aromatic N) is 2. The fourth-order valence-electron chi connectivity index (χ4n) is 3.43. The van der Waals surface area contributed by atoms with Gasteiger partial charge in [0.05, 0.1) is 29.8 Å². The number of piperidine rings is 1. The highest BCUT2D eigenvalue weighted by Crippen LogP contribution is 2.33. The van der Waals surface area contributed by atoms with Crippen LogP contribution in [-0.4, -0.2) is 53.1 Å². The summed E-state index contributed by atoms with van der Waals surface area (Å²) in [5.41, 5.74) is 0.0894. The summed E-state index contributed by atoms with van der Waals surface area (Å²) in [5, 5.41) is -0.240. The maximum atomic E-state index is 13.7. The van der Waals surface area contributed by atoms with E-state index in [-0.39, 0.29) is 27.3 Å². The van der Waals surface area contributed by atoms with Crippen molar-refractivity contribution in [1.29, 1.82) is 0 Å². The number of benzene rings is 2. The van der Waals surface area contributed by atoms with Gasteiger partial charge in [0.2, 0.25) is 5.91 Å². The SMILES string of the molecule is COc1ccc(S(=O)(=O)N(CC(=O)N2CCCCC2)c2ccc(F)c(Cl)c2)cc1OC. The van der Waals surface area contributed by atoms with Crippen molar-refractivity contribution in [1.82, 2.24) is 4.90 Å². The zero-order chi connectivity index (χ0) is 22.6. The van der Waals surface area contributed by atoms with Crippen molar-refractivity contribution in [3.63, 3.8) is 0 Å². The Bertz CT molecular complexity index is 1060. The third kappa shape index (κ3) is 5.04. The Labute approximate surface area is 186 Å². The first kappa shape index (κ1) is 23.1. The number of ether oxygens (including phenoxy) is 2. The summed E-state index contributed by atoms with van der Waals surface area (Å²) in [6.07, 6.45) is 2.78. The molecule has 0 bridgehead atoms. The number of likely N-dealkylation sites (tertiary alicyclic amines) is 1. The molecule has 10 heteroatoms. The van der Waals surface area contributed by atoms with Crippen LogP contribution < -0.4 is 13.8 Å². The minimum absolute atomic E-state index is 0.0894. The van der Waals surface area contributed by atoms with Crippen molar-refractivity contribution >= 4 is 33.2 Å². The average Bonchev–Trinajstić information content (AvgIpc) is 2.79. The topological polar surface area (TPSA) is 76.2 Å². The molecule has 0 radical (unpaired) electrons. The first-order valence-corrected chi connectivity index (χ1v) is 11.6. The molecule has 1 saturated heterocycles. The molecular formula is C21H24ClFN2O5S.